The van der Waals surface area contributed by atoms with Crippen molar-refractivity contribution in [2.24, 2.45) is 4.99 Å². The number of aliphatic hydroxyl groups excluding tert-OH is 1. The van der Waals surface area contributed by atoms with Gasteiger partial charge in [0.2, 0.25) is 0 Å². The van der Waals surface area contributed by atoms with E-state index in [4.69, 9.17) is 4.99 Å². The van der Waals surface area contributed by atoms with Crippen molar-refractivity contribution in [3.05, 3.63) is 35.4 Å². The average Bonchev–Trinajstić information content (AvgIpc) is 2.79. The molecule has 0 atom stereocenters. The van der Waals surface area contributed by atoms with E-state index in [0.717, 1.165) is 51.5 Å². The first-order valence-electron chi connectivity index (χ1n) is 12.2. The van der Waals surface area contributed by atoms with Crippen LogP contribution < -0.4 is 10.6 Å². The Kier molecular flexibility index (Phi) is 11.7. The summed E-state index contributed by atoms with van der Waals surface area (Å²) in [6.45, 7) is 14.5. The second kappa shape index (κ2) is 13.7. The van der Waals surface area contributed by atoms with E-state index < -0.39 is 0 Å². The second-order valence-electron chi connectivity index (χ2n) is 9.73. The number of benzene rings is 1. The van der Waals surface area contributed by atoms with Crippen molar-refractivity contribution in [3.63, 3.8) is 0 Å². The number of nitrogens with zero attached hydrogens (tertiary/aromatic N) is 3. The summed E-state index contributed by atoms with van der Waals surface area (Å²) in [5.74, 6) is 0.892. The lowest BCUT2D eigenvalue weighted by molar-refractivity contribution is 0.0792. The van der Waals surface area contributed by atoms with Crippen LogP contribution in [0.2, 0.25) is 0 Å². The van der Waals surface area contributed by atoms with Gasteiger partial charge in [-0.2, -0.15) is 0 Å². The van der Waals surface area contributed by atoms with Gasteiger partial charge < -0.3 is 15.7 Å². The SMILES string of the molecule is CCNC(=NCc1ccc(CN2CCC(O)CC2)cc1)NCC(C)(C)N1CCCCC1.I. The van der Waals surface area contributed by atoms with Crippen molar-refractivity contribution in [2.75, 3.05) is 39.3 Å². The first-order chi connectivity index (χ1) is 15.0. The highest BCUT2D eigenvalue weighted by Gasteiger charge is 2.27. The van der Waals surface area contributed by atoms with Gasteiger partial charge in [0.1, 0.15) is 0 Å². The Morgan fingerprint density at radius 2 is 1.62 bits per heavy atom. The van der Waals surface area contributed by atoms with Gasteiger partial charge in [-0.1, -0.05) is 30.7 Å². The first kappa shape index (κ1) is 27.3. The second-order valence-corrected chi connectivity index (χ2v) is 9.73. The molecule has 2 saturated heterocycles. The lowest BCUT2D eigenvalue weighted by Gasteiger charge is -2.41. The fourth-order valence-corrected chi connectivity index (χ4v) is 4.51. The van der Waals surface area contributed by atoms with Gasteiger partial charge >= 0.3 is 0 Å². The monoisotopic (exact) mass is 557 g/mol. The smallest absolute Gasteiger partial charge is 0.191 e. The molecule has 0 bridgehead atoms. The molecule has 182 valence electrons. The molecule has 0 radical (unpaired) electrons. The zero-order valence-electron chi connectivity index (χ0n) is 20.3. The average molecular weight is 558 g/mol. The molecule has 1 aromatic rings. The van der Waals surface area contributed by atoms with Crippen LogP contribution in [0.3, 0.4) is 0 Å². The maximum Gasteiger partial charge on any atom is 0.191 e. The van der Waals surface area contributed by atoms with Crippen LogP contribution in [0.5, 0.6) is 0 Å². The number of hydrogen-bond acceptors (Lipinski definition) is 4. The Morgan fingerprint density at radius 3 is 2.25 bits per heavy atom. The molecule has 1 aromatic carbocycles. The number of guanidine groups is 1. The van der Waals surface area contributed by atoms with Crippen LogP contribution in [0, 0.1) is 0 Å². The molecule has 7 heteroatoms. The standard InChI is InChI=1S/C25H43N5O.HI/c1-4-26-24(28-20-25(2,3)30-14-6-5-7-15-30)27-18-21-8-10-22(11-9-21)19-29-16-12-23(31)13-17-29;/h8-11,23,31H,4-7,12-20H2,1-3H3,(H2,26,27,28);1H. The molecule has 0 aromatic heterocycles. The molecule has 3 rings (SSSR count). The summed E-state index contributed by atoms with van der Waals surface area (Å²) in [6.07, 6.45) is 5.66. The molecule has 6 nitrogen and oxygen atoms in total. The topological polar surface area (TPSA) is 63.1 Å². The lowest BCUT2D eigenvalue weighted by atomic mass is 9.98. The van der Waals surface area contributed by atoms with E-state index in [-0.39, 0.29) is 35.6 Å². The number of rotatable bonds is 8. The fraction of sp³-hybridized carbons (Fsp3) is 0.720. The van der Waals surface area contributed by atoms with Crippen molar-refractivity contribution in [3.8, 4) is 0 Å². The maximum atomic E-state index is 9.67. The largest absolute Gasteiger partial charge is 0.393 e. The number of piperidine rings is 2. The summed E-state index contributed by atoms with van der Waals surface area (Å²) in [5, 5.41) is 16.6. The lowest BCUT2D eigenvalue weighted by Crippen LogP contribution is -2.54. The van der Waals surface area contributed by atoms with Crippen molar-refractivity contribution in [2.45, 2.75) is 77.6 Å². The van der Waals surface area contributed by atoms with Crippen LogP contribution in [-0.2, 0) is 13.1 Å². The molecule has 0 amide bonds. The molecule has 2 aliphatic heterocycles. The Bertz CT molecular complexity index is 680. The minimum Gasteiger partial charge on any atom is -0.393 e. The highest BCUT2D eigenvalue weighted by Crippen LogP contribution is 2.20. The van der Waals surface area contributed by atoms with Crippen LogP contribution >= 0.6 is 24.0 Å². The van der Waals surface area contributed by atoms with Gasteiger partial charge in [-0.15, -0.1) is 24.0 Å². The van der Waals surface area contributed by atoms with Crippen LogP contribution in [0.25, 0.3) is 0 Å². The number of nitrogens with one attached hydrogen (secondary N) is 2. The molecule has 2 aliphatic rings. The van der Waals surface area contributed by atoms with Gasteiger partial charge in [0.15, 0.2) is 5.96 Å². The van der Waals surface area contributed by atoms with Gasteiger partial charge in [0.25, 0.3) is 0 Å². The van der Waals surface area contributed by atoms with Gasteiger partial charge in [-0.05, 0) is 70.7 Å². The van der Waals surface area contributed by atoms with E-state index in [1.165, 1.54) is 43.5 Å². The molecular formula is C25H44IN5O. The van der Waals surface area contributed by atoms with Crippen LogP contribution in [0.15, 0.2) is 29.3 Å². The number of hydrogen-bond donors (Lipinski definition) is 3. The number of halogens is 1. The fourth-order valence-electron chi connectivity index (χ4n) is 4.51. The van der Waals surface area contributed by atoms with E-state index in [0.29, 0.717) is 6.54 Å². The molecule has 32 heavy (non-hydrogen) atoms. The zero-order chi connectivity index (χ0) is 22.1. The number of aliphatic hydroxyl groups is 1. The zero-order valence-corrected chi connectivity index (χ0v) is 22.6. The Morgan fingerprint density at radius 1 is 1.00 bits per heavy atom. The molecular weight excluding hydrogens is 513 g/mol. The van der Waals surface area contributed by atoms with E-state index in [1.807, 2.05) is 0 Å². The molecule has 0 saturated carbocycles. The molecule has 2 heterocycles. The molecule has 0 unspecified atom stereocenters. The third-order valence-corrected chi connectivity index (χ3v) is 6.65. The molecule has 2 fully saturated rings. The third kappa shape index (κ3) is 8.80. The molecule has 0 spiro atoms. The van der Waals surface area contributed by atoms with Crippen LogP contribution in [0.4, 0.5) is 0 Å². The Labute approximate surface area is 212 Å². The van der Waals surface area contributed by atoms with E-state index in [1.54, 1.807) is 0 Å². The summed E-state index contributed by atoms with van der Waals surface area (Å²) in [7, 11) is 0. The summed E-state index contributed by atoms with van der Waals surface area (Å²) in [5.41, 5.74) is 2.69. The predicted octanol–water partition coefficient (Wildman–Crippen LogP) is 3.58. The third-order valence-electron chi connectivity index (χ3n) is 6.65. The number of likely N-dealkylation sites (tertiary alicyclic amines) is 2. The normalized spacial score (nSPS) is 19.4. The van der Waals surface area contributed by atoms with Crippen molar-refractivity contribution in [1.29, 1.82) is 0 Å². The van der Waals surface area contributed by atoms with E-state index in [9.17, 15) is 5.11 Å². The Hall–Kier alpha value is -0.900. The number of aliphatic imine (C=N–C) groups is 1. The van der Waals surface area contributed by atoms with E-state index in [2.05, 4.69) is 65.5 Å². The maximum absolute atomic E-state index is 9.67. The highest BCUT2D eigenvalue weighted by molar-refractivity contribution is 14.0. The molecule has 0 aliphatic carbocycles. The van der Waals surface area contributed by atoms with Crippen molar-refractivity contribution in [1.82, 2.24) is 20.4 Å². The van der Waals surface area contributed by atoms with Gasteiger partial charge in [-0.3, -0.25) is 9.80 Å². The van der Waals surface area contributed by atoms with Crippen molar-refractivity contribution < 1.29 is 5.11 Å². The van der Waals surface area contributed by atoms with Gasteiger partial charge in [-0.25, -0.2) is 4.99 Å². The first-order valence-corrected chi connectivity index (χ1v) is 12.2. The quantitative estimate of drug-likeness (QED) is 0.259. The van der Waals surface area contributed by atoms with Gasteiger partial charge in [0.05, 0.1) is 12.6 Å². The van der Waals surface area contributed by atoms with Crippen LogP contribution in [-0.4, -0.2) is 71.8 Å². The minimum absolute atomic E-state index is 0. The van der Waals surface area contributed by atoms with Crippen LogP contribution in [0.1, 0.15) is 64.0 Å². The van der Waals surface area contributed by atoms with E-state index >= 15 is 0 Å². The summed E-state index contributed by atoms with van der Waals surface area (Å²) < 4.78 is 0. The highest BCUT2D eigenvalue weighted by atomic mass is 127. The summed E-state index contributed by atoms with van der Waals surface area (Å²) in [6, 6.07) is 8.82. The molecule has 3 N–H and O–H groups in total. The predicted molar refractivity (Wildman–Crippen MR) is 145 cm³/mol. The summed E-state index contributed by atoms with van der Waals surface area (Å²) >= 11 is 0. The minimum atomic E-state index is -0.110. The summed E-state index contributed by atoms with van der Waals surface area (Å²) in [4.78, 5) is 9.86. The Balaban J connectivity index is 0.00000363. The van der Waals surface area contributed by atoms with Crippen molar-refractivity contribution >= 4 is 29.9 Å². The van der Waals surface area contributed by atoms with Gasteiger partial charge in [0, 0.05) is 38.3 Å².